The molecule has 0 aliphatic carbocycles. The minimum absolute atomic E-state index is 0.0101. The van der Waals surface area contributed by atoms with E-state index in [-0.39, 0.29) is 20.0 Å². The van der Waals surface area contributed by atoms with Crippen LogP contribution in [0, 0.1) is 0 Å². The summed E-state index contributed by atoms with van der Waals surface area (Å²) in [6, 6.07) is 2.46. The van der Waals surface area contributed by atoms with Crippen molar-refractivity contribution in [3.05, 3.63) is 44.9 Å². The Balaban J connectivity index is 3.52. The van der Waals surface area contributed by atoms with E-state index < -0.39 is 9.84 Å². The van der Waals surface area contributed by atoms with Crippen LogP contribution in [0.15, 0.2) is 34.7 Å². The molecule has 2 nitrogen and oxygen atoms in total. The lowest BCUT2D eigenvalue weighted by molar-refractivity contribution is 0.605. The Kier molecular flexibility index (Phi) is 3.87. The topological polar surface area (TPSA) is 34.1 Å². The molecular weight excluding hydrogens is 279 g/mol. The van der Waals surface area contributed by atoms with E-state index in [4.69, 9.17) is 34.8 Å². The van der Waals surface area contributed by atoms with Gasteiger partial charge in [-0.3, -0.25) is 0 Å². The van der Waals surface area contributed by atoms with Crippen LogP contribution in [-0.2, 0) is 9.84 Å². The molecule has 0 saturated carbocycles. The summed E-state index contributed by atoms with van der Waals surface area (Å²) in [5, 5.41) is 1.15. The predicted octanol–water partition coefficient (Wildman–Crippen LogP) is 3.72. The number of benzene rings is 1. The number of hydrogen-bond donors (Lipinski definition) is 0. The summed E-state index contributed by atoms with van der Waals surface area (Å²) >= 11 is 17.1. The highest BCUT2D eigenvalue weighted by Gasteiger charge is 2.17. The monoisotopic (exact) mass is 282 g/mol. The summed E-state index contributed by atoms with van der Waals surface area (Å²) in [5.41, 5.74) is 2.17. The number of halogens is 3. The van der Waals surface area contributed by atoms with Crippen LogP contribution in [0.3, 0.4) is 0 Å². The van der Waals surface area contributed by atoms with Crippen molar-refractivity contribution in [3.63, 3.8) is 0 Å². The van der Waals surface area contributed by atoms with Crippen molar-refractivity contribution < 1.29 is 8.42 Å². The molecule has 0 fully saturated rings. The molecule has 0 heterocycles. The zero-order valence-electron chi connectivity index (χ0n) is 7.30. The van der Waals surface area contributed by atoms with Gasteiger partial charge in [0.15, 0.2) is 0 Å². The Labute approximate surface area is 103 Å². The summed E-state index contributed by atoms with van der Waals surface area (Å²) in [6.07, 6.45) is 0. The van der Waals surface area contributed by atoms with E-state index in [9.17, 15) is 8.42 Å². The molecule has 1 rings (SSSR count). The second-order valence-electron chi connectivity index (χ2n) is 2.56. The maximum atomic E-state index is 11.6. The van der Waals surface area contributed by atoms with Crippen LogP contribution in [0.5, 0.6) is 0 Å². The first-order valence-corrected chi connectivity index (χ1v) is 6.32. The van der Waals surface area contributed by atoms with Crippen molar-refractivity contribution in [2.45, 2.75) is 4.90 Å². The minimum Gasteiger partial charge on any atom is -0.218 e. The van der Waals surface area contributed by atoms with Gasteiger partial charge in [-0.1, -0.05) is 41.4 Å². The zero-order chi connectivity index (χ0) is 11.6. The zero-order valence-corrected chi connectivity index (χ0v) is 10.4. The molecule has 0 aliphatic rings. The minimum atomic E-state index is -3.65. The fraction of sp³-hybridized carbons (Fsp3) is 0. The molecule has 0 saturated heterocycles. The van der Waals surface area contributed by atoms with Gasteiger partial charge >= 0.3 is 0 Å². The number of sulfone groups is 1. The highest BCUT2D eigenvalue weighted by Crippen LogP contribution is 2.32. The first-order chi connectivity index (χ1) is 6.88. The summed E-state index contributed by atoms with van der Waals surface area (Å²) in [5.74, 6) is 0. The van der Waals surface area contributed by atoms with E-state index in [2.05, 4.69) is 12.3 Å². The van der Waals surface area contributed by atoms with Gasteiger partial charge in [0.2, 0.25) is 9.84 Å². The first kappa shape index (κ1) is 12.6. The van der Waals surface area contributed by atoms with Crippen molar-refractivity contribution in [1.29, 1.82) is 0 Å². The Morgan fingerprint density at radius 3 is 2.20 bits per heavy atom. The molecule has 0 spiro atoms. The maximum absolute atomic E-state index is 11.6. The van der Waals surface area contributed by atoms with Crippen LogP contribution < -0.4 is 0 Å². The van der Waals surface area contributed by atoms with Crippen LogP contribution in [0.2, 0.25) is 15.1 Å². The average molecular weight is 284 g/mol. The summed E-state index contributed by atoms with van der Waals surface area (Å²) in [6.45, 7) is 3.18. The van der Waals surface area contributed by atoms with Gasteiger partial charge < -0.3 is 0 Å². The summed E-state index contributed by atoms with van der Waals surface area (Å²) in [7, 11) is -3.65. The summed E-state index contributed by atoms with van der Waals surface area (Å²) < 4.78 is 23.1. The molecule has 6 heteroatoms. The van der Waals surface area contributed by atoms with Crippen LogP contribution in [0.4, 0.5) is 0 Å². The van der Waals surface area contributed by atoms with E-state index in [1.165, 1.54) is 12.1 Å². The molecule has 1 aromatic carbocycles. The van der Waals surface area contributed by atoms with Crippen molar-refractivity contribution in [3.8, 4) is 0 Å². The Morgan fingerprint density at radius 1 is 1.13 bits per heavy atom. The molecule has 0 radical (unpaired) electrons. The number of hydrogen-bond acceptors (Lipinski definition) is 2. The Morgan fingerprint density at radius 2 is 1.67 bits per heavy atom. The molecule has 1 aromatic rings. The maximum Gasteiger partial charge on any atom is 0.208 e. The third kappa shape index (κ3) is 2.77. The van der Waals surface area contributed by atoms with E-state index in [0.717, 1.165) is 5.41 Å². The third-order valence-electron chi connectivity index (χ3n) is 1.52. The quantitative estimate of drug-likeness (QED) is 0.612. The van der Waals surface area contributed by atoms with Gasteiger partial charge in [0, 0.05) is 0 Å². The second kappa shape index (κ2) is 4.60. The van der Waals surface area contributed by atoms with Gasteiger partial charge in [0.25, 0.3) is 0 Å². The smallest absolute Gasteiger partial charge is 0.208 e. The Hall–Kier alpha value is -0.440. The molecule has 15 heavy (non-hydrogen) atoms. The molecule has 0 amide bonds. The fourth-order valence-corrected chi connectivity index (χ4v) is 2.79. The molecule has 0 aliphatic heterocycles. The molecule has 0 aromatic heterocycles. The lowest BCUT2D eigenvalue weighted by atomic mass is 10.4. The predicted molar refractivity (Wildman–Crippen MR) is 62.4 cm³/mol. The molecule has 80 valence electrons. The average Bonchev–Trinajstić information content (AvgIpc) is 2.11. The molecule has 0 bridgehead atoms. The Bertz CT molecular complexity index is 543. The van der Waals surface area contributed by atoms with Gasteiger partial charge in [0.1, 0.15) is 0 Å². The van der Waals surface area contributed by atoms with E-state index >= 15 is 0 Å². The van der Waals surface area contributed by atoms with E-state index in [1.54, 1.807) is 0 Å². The molecule has 0 unspecified atom stereocenters. The molecular formula is C9H5Cl3O2S. The highest BCUT2D eigenvalue weighted by molar-refractivity contribution is 7.94. The van der Waals surface area contributed by atoms with Crippen molar-refractivity contribution in [1.82, 2.24) is 0 Å². The molecule has 0 N–H and O–H groups in total. The van der Waals surface area contributed by atoms with Crippen LogP contribution >= 0.6 is 34.8 Å². The van der Waals surface area contributed by atoms with Crippen molar-refractivity contribution in [2.75, 3.05) is 0 Å². The molecule has 0 atom stereocenters. The van der Waals surface area contributed by atoms with Gasteiger partial charge in [-0.25, -0.2) is 8.42 Å². The fourth-order valence-electron chi connectivity index (χ4n) is 0.896. The third-order valence-corrected chi connectivity index (χ3v) is 4.09. The van der Waals surface area contributed by atoms with Gasteiger partial charge in [0.05, 0.1) is 25.4 Å². The number of rotatable bonds is 2. The van der Waals surface area contributed by atoms with Crippen LogP contribution in [-0.4, -0.2) is 8.42 Å². The largest absolute Gasteiger partial charge is 0.218 e. The van der Waals surface area contributed by atoms with Crippen molar-refractivity contribution >= 4 is 44.6 Å². The standard InChI is InChI=1S/C9H5Cl3O2S/c1-2-3-15(13,14)9-5-7(11)6(10)4-8(9)12/h3-5H,1H2. The lowest BCUT2D eigenvalue weighted by Gasteiger charge is -2.03. The van der Waals surface area contributed by atoms with Crippen LogP contribution in [0.25, 0.3) is 0 Å². The van der Waals surface area contributed by atoms with Crippen molar-refractivity contribution in [2.24, 2.45) is 0 Å². The summed E-state index contributed by atoms with van der Waals surface area (Å²) in [4.78, 5) is -0.116. The van der Waals surface area contributed by atoms with Gasteiger partial charge in [-0.05, 0) is 12.1 Å². The van der Waals surface area contributed by atoms with Gasteiger partial charge in [-0.15, -0.1) is 5.73 Å². The van der Waals surface area contributed by atoms with E-state index in [1.807, 2.05) is 0 Å². The van der Waals surface area contributed by atoms with Crippen LogP contribution in [0.1, 0.15) is 0 Å². The van der Waals surface area contributed by atoms with Gasteiger partial charge in [-0.2, -0.15) is 0 Å². The lowest BCUT2D eigenvalue weighted by Crippen LogP contribution is -1.97. The highest BCUT2D eigenvalue weighted by atomic mass is 35.5. The first-order valence-electron chi connectivity index (χ1n) is 3.64. The normalized spacial score (nSPS) is 10.9. The van der Waals surface area contributed by atoms with E-state index in [0.29, 0.717) is 0 Å². The second-order valence-corrected chi connectivity index (χ2v) is 5.55. The SMILES string of the molecule is C=C=CS(=O)(=O)c1cc(Cl)c(Cl)cc1Cl.